The Morgan fingerprint density at radius 2 is 2.38 bits per heavy atom. The van der Waals surface area contributed by atoms with Crippen molar-refractivity contribution in [2.45, 2.75) is 19.0 Å². The van der Waals surface area contributed by atoms with Crippen LogP contribution < -0.4 is 10.9 Å². The van der Waals surface area contributed by atoms with Crippen molar-refractivity contribution in [1.29, 1.82) is 0 Å². The first-order chi connectivity index (χ1) is 7.58. The molecule has 1 rings (SSSR count). The van der Waals surface area contributed by atoms with Gasteiger partial charge in [-0.3, -0.25) is 14.6 Å². The third kappa shape index (κ3) is 4.92. The van der Waals surface area contributed by atoms with E-state index in [0.29, 0.717) is 17.6 Å². The number of hydrogen-bond acceptors (Lipinski definition) is 5. The average molecular weight is 242 g/mol. The third-order valence-electron chi connectivity index (χ3n) is 1.60. The van der Waals surface area contributed by atoms with Crippen LogP contribution >= 0.6 is 11.8 Å². The van der Waals surface area contributed by atoms with E-state index in [2.05, 4.69) is 20.5 Å². The Bertz CT molecular complexity index is 404. The van der Waals surface area contributed by atoms with Gasteiger partial charge in [0.2, 0.25) is 5.91 Å². The Kier molecular flexibility index (Phi) is 4.97. The van der Waals surface area contributed by atoms with Crippen LogP contribution in [0.2, 0.25) is 0 Å². The zero-order valence-corrected chi connectivity index (χ0v) is 10.0. The SMILES string of the molecule is CC(C)CNC(=O)CSc1nncc(=O)[nH]1. The van der Waals surface area contributed by atoms with Crippen molar-refractivity contribution in [3.8, 4) is 0 Å². The number of H-pyrrole nitrogens is 1. The van der Waals surface area contributed by atoms with Gasteiger partial charge >= 0.3 is 0 Å². The maximum absolute atomic E-state index is 11.3. The molecule has 0 aliphatic carbocycles. The molecule has 0 unspecified atom stereocenters. The number of nitrogens with zero attached hydrogens (tertiary/aromatic N) is 2. The zero-order valence-electron chi connectivity index (χ0n) is 9.19. The summed E-state index contributed by atoms with van der Waals surface area (Å²) in [7, 11) is 0. The van der Waals surface area contributed by atoms with Crippen LogP contribution in [0.4, 0.5) is 0 Å². The Morgan fingerprint density at radius 3 is 3.00 bits per heavy atom. The van der Waals surface area contributed by atoms with Crippen LogP contribution in [-0.2, 0) is 4.79 Å². The van der Waals surface area contributed by atoms with E-state index in [-0.39, 0.29) is 17.2 Å². The molecule has 0 atom stereocenters. The van der Waals surface area contributed by atoms with Crippen LogP contribution in [0.1, 0.15) is 13.8 Å². The Balaban J connectivity index is 2.34. The highest BCUT2D eigenvalue weighted by atomic mass is 32.2. The molecule has 7 heteroatoms. The first-order valence-electron chi connectivity index (χ1n) is 4.89. The van der Waals surface area contributed by atoms with E-state index in [1.54, 1.807) is 0 Å². The number of hydrogen-bond donors (Lipinski definition) is 2. The van der Waals surface area contributed by atoms with E-state index in [9.17, 15) is 9.59 Å². The molecule has 1 aromatic heterocycles. The first kappa shape index (κ1) is 12.7. The Morgan fingerprint density at radius 1 is 1.62 bits per heavy atom. The minimum atomic E-state index is -0.319. The minimum Gasteiger partial charge on any atom is -0.355 e. The number of amides is 1. The van der Waals surface area contributed by atoms with Crippen LogP contribution in [0, 0.1) is 5.92 Å². The zero-order chi connectivity index (χ0) is 12.0. The normalized spacial score (nSPS) is 10.4. The van der Waals surface area contributed by atoms with Gasteiger partial charge in [0.1, 0.15) is 6.20 Å². The van der Waals surface area contributed by atoms with Crippen LogP contribution in [-0.4, -0.2) is 33.4 Å². The molecule has 1 aromatic rings. The van der Waals surface area contributed by atoms with Crippen molar-refractivity contribution >= 4 is 17.7 Å². The van der Waals surface area contributed by atoms with Gasteiger partial charge in [-0.1, -0.05) is 25.6 Å². The summed E-state index contributed by atoms with van der Waals surface area (Å²) >= 11 is 1.15. The molecule has 16 heavy (non-hydrogen) atoms. The summed E-state index contributed by atoms with van der Waals surface area (Å²) in [5.41, 5.74) is -0.319. The topological polar surface area (TPSA) is 87.7 Å². The monoisotopic (exact) mass is 242 g/mol. The second kappa shape index (κ2) is 6.26. The molecule has 0 aromatic carbocycles. The highest BCUT2D eigenvalue weighted by Gasteiger charge is 2.05. The fraction of sp³-hybridized carbons (Fsp3) is 0.556. The van der Waals surface area contributed by atoms with Gasteiger partial charge in [0, 0.05) is 6.54 Å². The summed E-state index contributed by atoms with van der Waals surface area (Å²) in [5, 5.41) is 10.3. The molecule has 0 fully saturated rings. The first-order valence-corrected chi connectivity index (χ1v) is 5.88. The van der Waals surface area contributed by atoms with Crippen molar-refractivity contribution in [1.82, 2.24) is 20.5 Å². The highest BCUT2D eigenvalue weighted by molar-refractivity contribution is 7.99. The number of aromatic amines is 1. The van der Waals surface area contributed by atoms with Crippen LogP contribution in [0.3, 0.4) is 0 Å². The fourth-order valence-corrected chi connectivity index (χ4v) is 1.51. The van der Waals surface area contributed by atoms with Gasteiger partial charge in [-0.15, -0.1) is 5.10 Å². The van der Waals surface area contributed by atoms with E-state index in [4.69, 9.17) is 0 Å². The summed E-state index contributed by atoms with van der Waals surface area (Å²) in [6, 6.07) is 0. The molecule has 0 saturated heterocycles. The van der Waals surface area contributed by atoms with Gasteiger partial charge in [0.25, 0.3) is 5.56 Å². The largest absolute Gasteiger partial charge is 0.355 e. The van der Waals surface area contributed by atoms with Crippen molar-refractivity contribution in [2.24, 2.45) is 5.92 Å². The number of nitrogens with one attached hydrogen (secondary N) is 2. The lowest BCUT2D eigenvalue weighted by Crippen LogP contribution is -2.28. The predicted molar refractivity (Wildman–Crippen MR) is 61.2 cm³/mol. The maximum atomic E-state index is 11.3. The second-order valence-corrected chi connectivity index (χ2v) is 4.59. The maximum Gasteiger partial charge on any atom is 0.270 e. The lowest BCUT2D eigenvalue weighted by molar-refractivity contribution is -0.118. The molecular weight excluding hydrogens is 228 g/mol. The molecule has 0 saturated carbocycles. The smallest absolute Gasteiger partial charge is 0.270 e. The van der Waals surface area contributed by atoms with E-state index in [0.717, 1.165) is 18.0 Å². The van der Waals surface area contributed by atoms with E-state index in [1.807, 2.05) is 13.8 Å². The van der Waals surface area contributed by atoms with Crippen LogP contribution in [0.5, 0.6) is 0 Å². The van der Waals surface area contributed by atoms with E-state index < -0.39 is 0 Å². The third-order valence-corrected chi connectivity index (χ3v) is 2.46. The summed E-state index contributed by atoms with van der Waals surface area (Å²) in [5.74, 6) is 0.567. The molecule has 0 aliphatic rings. The van der Waals surface area contributed by atoms with Crippen molar-refractivity contribution in [2.75, 3.05) is 12.3 Å². The Labute approximate surface area is 97.2 Å². The van der Waals surface area contributed by atoms with Crippen molar-refractivity contribution in [3.05, 3.63) is 16.6 Å². The van der Waals surface area contributed by atoms with E-state index in [1.165, 1.54) is 0 Å². The number of carbonyl (C=O) groups is 1. The quantitative estimate of drug-likeness (QED) is 0.711. The summed E-state index contributed by atoms with van der Waals surface area (Å²) in [4.78, 5) is 24.7. The van der Waals surface area contributed by atoms with Crippen molar-refractivity contribution < 1.29 is 4.79 Å². The van der Waals surface area contributed by atoms with E-state index >= 15 is 0 Å². The number of aromatic nitrogens is 3. The van der Waals surface area contributed by atoms with Gasteiger partial charge in [-0.25, -0.2) is 0 Å². The van der Waals surface area contributed by atoms with Crippen LogP contribution in [0.25, 0.3) is 0 Å². The standard InChI is InChI=1S/C9H14N4O2S/c1-6(2)3-10-8(15)5-16-9-12-7(14)4-11-13-9/h4,6H,3,5H2,1-2H3,(H,10,15)(H,12,13,14). The molecule has 0 spiro atoms. The summed E-state index contributed by atoms with van der Waals surface area (Å²) in [6.07, 6.45) is 1.09. The number of carbonyl (C=O) groups excluding carboxylic acids is 1. The molecule has 1 heterocycles. The van der Waals surface area contributed by atoms with Gasteiger partial charge < -0.3 is 5.32 Å². The minimum absolute atomic E-state index is 0.0785. The summed E-state index contributed by atoms with van der Waals surface area (Å²) in [6.45, 7) is 4.69. The lowest BCUT2D eigenvalue weighted by atomic mass is 10.2. The average Bonchev–Trinajstić information content (AvgIpc) is 2.23. The molecule has 2 N–H and O–H groups in total. The molecule has 0 aliphatic heterocycles. The molecule has 6 nitrogen and oxygen atoms in total. The fourth-order valence-electron chi connectivity index (χ4n) is 0.864. The van der Waals surface area contributed by atoms with Crippen molar-refractivity contribution in [3.63, 3.8) is 0 Å². The number of thioether (sulfide) groups is 1. The molecule has 0 bridgehead atoms. The Hall–Kier alpha value is -1.37. The van der Waals surface area contributed by atoms with Gasteiger partial charge in [0.05, 0.1) is 5.75 Å². The van der Waals surface area contributed by atoms with Gasteiger partial charge in [-0.2, -0.15) is 5.10 Å². The highest BCUT2D eigenvalue weighted by Crippen LogP contribution is 2.08. The second-order valence-electron chi connectivity index (χ2n) is 3.63. The van der Waals surface area contributed by atoms with Gasteiger partial charge in [-0.05, 0) is 5.92 Å². The molecule has 88 valence electrons. The lowest BCUT2D eigenvalue weighted by Gasteiger charge is -2.06. The van der Waals surface area contributed by atoms with Gasteiger partial charge in [0.15, 0.2) is 5.16 Å². The molecule has 0 radical (unpaired) electrons. The predicted octanol–water partition coefficient (Wildman–Crippen LogP) is 0.0292. The summed E-state index contributed by atoms with van der Waals surface area (Å²) < 4.78 is 0. The molecular formula is C9H14N4O2S. The molecule has 1 amide bonds. The van der Waals surface area contributed by atoms with Crippen LogP contribution in [0.15, 0.2) is 16.1 Å². The number of rotatable bonds is 5.